The Morgan fingerprint density at radius 2 is 1.95 bits per heavy atom. The summed E-state index contributed by atoms with van der Waals surface area (Å²) in [6, 6.07) is 9.01. The molecule has 0 atom stereocenters. The minimum atomic E-state index is 0.323. The van der Waals surface area contributed by atoms with Crippen molar-refractivity contribution >= 4 is 21.8 Å². The van der Waals surface area contributed by atoms with E-state index in [1.165, 1.54) is 24.0 Å². The highest BCUT2D eigenvalue weighted by Gasteiger charge is 2.31. The van der Waals surface area contributed by atoms with Gasteiger partial charge in [0.1, 0.15) is 0 Å². The number of carbonyl (C=O) groups is 1. The maximum Gasteiger partial charge on any atom is 0.223 e. The second-order valence-corrected chi connectivity index (χ2v) is 6.18. The molecule has 3 heteroatoms. The molecular weight excluding hydrogens is 302 g/mol. The first-order valence-electron chi connectivity index (χ1n) is 7.11. The van der Waals surface area contributed by atoms with Crippen LogP contribution in [0.3, 0.4) is 0 Å². The van der Waals surface area contributed by atoms with Gasteiger partial charge >= 0.3 is 0 Å². The van der Waals surface area contributed by atoms with Crippen molar-refractivity contribution in [3.05, 3.63) is 35.4 Å². The fraction of sp³-hybridized carbons (Fsp3) is 0.562. The lowest BCUT2D eigenvalue weighted by Crippen LogP contribution is -2.32. The molecular formula is C16H22BrNO. The van der Waals surface area contributed by atoms with Gasteiger partial charge in [-0.15, -0.1) is 0 Å². The number of amides is 1. The maximum absolute atomic E-state index is 12.3. The number of carbonyl (C=O) groups excluding carboxylic acids is 1. The summed E-state index contributed by atoms with van der Waals surface area (Å²) in [5.74, 6) is 0.323. The number of nitrogens with zero attached hydrogens (tertiary/aromatic N) is 1. The lowest BCUT2D eigenvalue weighted by Gasteiger charge is -2.22. The SMILES string of the molecule is Cc1ccc(CN(C(=O)CCCCBr)C2CC2)cc1. The van der Waals surface area contributed by atoms with Gasteiger partial charge in [0, 0.05) is 24.3 Å². The van der Waals surface area contributed by atoms with Crippen LogP contribution in [0.2, 0.25) is 0 Å². The van der Waals surface area contributed by atoms with Crippen LogP contribution in [0.5, 0.6) is 0 Å². The molecule has 0 heterocycles. The first-order valence-corrected chi connectivity index (χ1v) is 8.24. The number of alkyl halides is 1. The second kappa shape index (κ2) is 7.09. The van der Waals surface area contributed by atoms with E-state index < -0.39 is 0 Å². The lowest BCUT2D eigenvalue weighted by molar-refractivity contribution is -0.132. The van der Waals surface area contributed by atoms with E-state index in [-0.39, 0.29) is 0 Å². The molecule has 0 unspecified atom stereocenters. The van der Waals surface area contributed by atoms with Crippen LogP contribution in [0, 0.1) is 6.92 Å². The predicted octanol–water partition coefficient (Wildman–Crippen LogP) is 4.05. The molecule has 1 aromatic carbocycles. The van der Waals surface area contributed by atoms with Gasteiger partial charge in [-0.1, -0.05) is 45.8 Å². The molecule has 1 fully saturated rings. The largest absolute Gasteiger partial charge is 0.335 e. The fourth-order valence-electron chi connectivity index (χ4n) is 2.21. The van der Waals surface area contributed by atoms with Crippen LogP contribution < -0.4 is 0 Å². The van der Waals surface area contributed by atoms with Gasteiger partial charge in [-0.05, 0) is 38.2 Å². The molecule has 0 saturated heterocycles. The van der Waals surface area contributed by atoms with Crippen LogP contribution in [0.25, 0.3) is 0 Å². The van der Waals surface area contributed by atoms with Crippen molar-refractivity contribution < 1.29 is 4.79 Å². The number of hydrogen-bond donors (Lipinski definition) is 0. The molecule has 104 valence electrons. The molecule has 2 nitrogen and oxygen atoms in total. The van der Waals surface area contributed by atoms with Crippen LogP contribution in [-0.4, -0.2) is 22.2 Å². The minimum Gasteiger partial charge on any atom is -0.335 e. The molecule has 0 radical (unpaired) electrons. The number of hydrogen-bond acceptors (Lipinski definition) is 1. The Morgan fingerprint density at radius 1 is 1.26 bits per heavy atom. The van der Waals surface area contributed by atoms with Gasteiger partial charge in [-0.2, -0.15) is 0 Å². The molecule has 0 aliphatic heterocycles. The van der Waals surface area contributed by atoms with Gasteiger partial charge in [0.15, 0.2) is 0 Å². The zero-order valence-electron chi connectivity index (χ0n) is 11.6. The summed E-state index contributed by atoms with van der Waals surface area (Å²) in [4.78, 5) is 14.4. The van der Waals surface area contributed by atoms with Crippen LogP contribution >= 0.6 is 15.9 Å². The van der Waals surface area contributed by atoms with E-state index in [0.29, 0.717) is 18.4 Å². The number of benzene rings is 1. The standard InChI is InChI=1S/C16H22BrNO/c1-13-5-7-14(8-6-13)12-18(15-9-10-15)16(19)4-2-3-11-17/h5-8,15H,2-4,9-12H2,1H3. The normalized spacial score (nSPS) is 14.4. The zero-order chi connectivity index (χ0) is 13.7. The molecule has 0 aromatic heterocycles. The summed E-state index contributed by atoms with van der Waals surface area (Å²) >= 11 is 3.41. The van der Waals surface area contributed by atoms with Crippen molar-refractivity contribution in [1.29, 1.82) is 0 Å². The van der Waals surface area contributed by atoms with E-state index >= 15 is 0 Å². The second-order valence-electron chi connectivity index (χ2n) is 5.38. The molecule has 19 heavy (non-hydrogen) atoms. The summed E-state index contributed by atoms with van der Waals surface area (Å²) in [6.07, 6.45) is 5.11. The predicted molar refractivity (Wildman–Crippen MR) is 82.4 cm³/mol. The topological polar surface area (TPSA) is 20.3 Å². The van der Waals surface area contributed by atoms with E-state index in [2.05, 4.69) is 52.0 Å². The Hall–Kier alpha value is -0.830. The summed E-state index contributed by atoms with van der Waals surface area (Å²) < 4.78 is 0. The van der Waals surface area contributed by atoms with Gasteiger partial charge in [0.2, 0.25) is 5.91 Å². The first-order chi connectivity index (χ1) is 9.20. The average Bonchev–Trinajstić information content (AvgIpc) is 3.22. The van der Waals surface area contributed by atoms with Crippen molar-refractivity contribution in [3.8, 4) is 0 Å². The van der Waals surface area contributed by atoms with Crippen LogP contribution in [0.1, 0.15) is 43.2 Å². The monoisotopic (exact) mass is 323 g/mol. The first kappa shape index (κ1) is 14.6. The third kappa shape index (κ3) is 4.64. The lowest BCUT2D eigenvalue weighted by atomic mass is 10.1. The Kier molecular flexibility index (Phi) is 5.44. The Labute approximate surface area is 124 Å². The highest BCUT2D eigenvalue weighted by Crippen LogP contribution is 2.29. The molecule has 2 rings (SSSR count). The molecule has 1 amide bonds. The van der Waals surface area contributed by atoms with Gasteiger partial charge in [-0.3, -0.25) is 4.79 Å². The Bertz CT molecular complexity index is 411. The maximum atomic E-state index is 12.3. The highest BCUT2D eigenvalue weighted by atomic mass is 79.9. The fourth-order valence-corrected chi connectivity index (χ4v) is 2.61. The third-order valence-electron chi connectivity index (χ3n) is 3.56. The van der Waals surface area contributed by atoms with Gasteiger partial charge in [0.25, 0.3) is 0 Å². The smallest absolute Gasteiger partial charge is 0.223 e. The minimum absolute atomic E-state index is 0.323. The molecule has 0 spiro atoms. The number of halogens is 1. The average molecular weight is 324 g/mol. The quantitative estimate of drug-likeness (QED) is 0.547. The van der Waals surface area contributed by atoms with Crippen molar-refractivity contribution in [1.82, 2.24) is 4.90 Å². The summed E-state index contributed by atoms with van der Waals surface area (Å²) in [7, 11) is 0. The van der Waals surface area contributed by atoms with Gasteiger partial charge in [0.05, 0.1) is 0 Å². The number of aryl methyl sites for hydroxylation is 1. The van der Waals surface area contributed by atoms with E-state index in [0.717, 1.165) is 24.7 Å². The van der Waals surface area contributed by atoms with E-state index in [4.69, 9.17) is 0 Å². The summed E-state index contributed by atoms with van der Waals surface area (Å²) in [6.45, 7) is 2.87. The zero-order valence-corrected chi connectivity index (χ0v) is 13.2. The van der Waals surface area contributed by atoms with Crippen LogP contribution in [-0.2, 0) is 11.3 Å². The molecule has 1 aliphatic rings. The molecule has 0 N–H and O–H groups in total. The van der Waals surface area contributed by atoms with Crippen molar-refractivity contribution in [2.75, 3.05) is 5.33 Å². The Morgan fingerprint density at radius 3 is 2.53 bits per heavy atom. The summed E-state index contributed by atoms with van der Waals surface area (Å²) in [5, 5.41) is 0.988. The van der Waals surface area contributed by atoms with Crippen molar-refractivity contribution in [2.24, 2.45) is 0 Å². The Balaban J connectivity index is 1.92. The van der Waals surface area contributed by atoms with Crippen LogP contribution in [0.4, 0.5) is 0 Å². The van der Waals surface area contributed by atoms with Gasteiger partial charge < -0.3 is 4.90 Å². The summed E-state index contributed by atoms with van der Waals surface area (Å²) in [5.41, 5.74) is 2.51. The molecule has 1 aliphatic carbocycles. The molecule has 0 bridgehead atoms. The van der Waals surface area contributed by atoms with E-state index in [9.17, 15) is 4.79 Å². The third-order valence-corrected chi connectivity index (χ3v) is 4.12. The highest BCUT2D eigenvalue weighted by molar-refractivity contribution is 9.09. The van der Waals surface area contributed by atoms with Gasteiger partial charge in [-0.25, -0.2) is 0 Å². The van der Waals surface area contributed by atoms with Crippen LogP contribution in [0.15, 0.2) is 24.3 Å². The van der Waals surface area contributed by atoms with Crippen molar-refractivity contribution in [3.63, 3.8) is 0 Å². The van der Waals surface area contributed by atoms with E-state index in [1.807, 2.05) is 0 Å². The van der Waals surface area contributed by atoms with Crippen molar-refractivity contribution in [2.45, 2.75) is 51.6 Å². The number of rotatable bonds is 7. The molecule has 1 aromatic rings. The number of unbranched alkanes of at least 4 members (excludes halogenated alkanes) is 1. The molecule has 1 saturated carbocycles. The van der Waals surface area contributed by atoms with E-state index in [1.54, 1.807) is 0 Å².